The van der Waals surface area contributed by atoms with Gasteiger partial charge in [0.15, 0.2) is 5.78 Å². The van der Waals surface area contributed by atoms with Crippen molar-refractivity contribution >= 4 is 11.9 Å². The molecule has 1 heterocycles. The average molecular weight is 203 g/mol. The lowest BCUT2D eigenvalue weighted by Crippen LogP contribution is -2.07. The fourth-order valence-corrected chi connectivity index (χ4v) is 1.50. The number of rotatable bonds is 3. The van der Waals surface area contributed by atoms with Crippen LogP contribution in [-0.4, -0.2) is 17.4 Å². The molecule has 1 aromatic rings. The predicted molar refractivity (Wildman–Crippen MR) is 58.0 cm³/mol. The minimum atomic E-state index is 0.113. The van der Waals surface area contributed by atoms with Gasteiger partial charge in [0.1, 0.15) is 5.75 Å². The van der Waals surface area contributed by atoms with Crippen molar-refractivity contribution in [2.75, 3.05) is 6.61 Å². The first-order valence-corrected chi connectivity index (χ1v) is 5.14. The van der Waals surface area contributed by atoms with Crippen molar-refractivity contribution in [2.45, 2.75) is 19.8 Å². The highest BCUT2D eigenvalue weighted by Gasteiger charge is 2.14. The van der Waals surface area contributed by atoms with Crippen LogP contribution < -0.4 is 4.74 Å². The van der Waals surface area contributed by atoms with E-state index in [-0.39, 0.29) is 5.78 Å². The summed E-state index contributed by atoms with van der Waals surface area (Å²) in [5.41, 5.74) is 1.42. The highest BCUT2D eigenvalue weighted by atomic mass is 16.5. The van der Waals surface area contributed by atoms with Crippen molar-refractivity contribution < 1.29 is 9.53 Å². The SMILES string of the molecule is CCCOc1cnc2c(c1)C(=O)CC=C2. The van der Waals surface area contributed by atoms with Gasteiger partial charge in [-0.25, -0.2) is 0 Å². The van der Waals surface area contributed by atoms with E-state index in [4.69, 9.17) is 4.74 Å². The molecule has 0 spiro atoms. The van der Waals surface area contributed by atoms with Crippen LogP contribution in [0.1, 0.15) is 35.8 Å². The van der Waals surface area contributed by atoms with Gasteiger partial charge in [-0.15, -0.1) is 0 Å². The monoisotopic (exact) mass is 203 g/mol. The maximum Gasteiger partial charge on any atom is 0.168 e. The quantitative estimate of drug-likeness (QED) is 0.757. The molecular weight excluding hydrogens is 190 g/mol. The summed E-state index contributed by atoms with van der Waals surface area (Å²) in [4.78, 5) is 15.8. The summed E-state index contributed by atoms with van der Waals surface area (Å²) in [6, 6.07) is 1.78. The molecule has 0 aromatic carbocycles. The molecular formula is C12H13NO2. The Hall–Kier alpha value is -1.64. The molecule has 0 aliphatic heterocycles. The van der Waals surface area contributed by atoms with Crippen LogP contribution in [0.25, 0.3) is 6.08 Å². The molecule has 3 nitrogen and oxygen atoms in total. The summed E-state index contributed by atoms with van der Waals surface area (Å²) >= 11 is 0. The number of aromatic nitrogens is 1. The van der Waals surface area contributed by atoms with Crippen LogP contribution >= 0.6 is 0 Å². The van der Waals surface area contributed by atoms with E-state index in [1.807, 2.05) is 19.1 Å². The molecule has 0 fully saturated rings. The largest absolute Gasteiger partial charge is 0.492 e. The van der Waals surface area contributed by atoms with Gasteiger partial charge in [0, 0.05) is 12.0 Å². The first-order chi connectivity index (χ1) is 7.31. The second-order valence-corrected chi connectivity index (χ2v) is 3.48. The molecule has 1 aromatic heterocycles. The highest BCUT2D eigenvalue weighted by Crippen LogP contribution is 2.21. The fourth-order valence-electron chi connectivity index (χ4n) is 1.50. The Morgan fingerprint density at radius 3 is 3.20 bits per heavy atom. The lowest BCUT2D eigenvalue weighted by molar-refractivity contribution is 0.0993. The summed E-state index contributed by atoms with van der Waals surface area (Å²) in [7, 11) is 0. The second kappa shape index (κ2) is 4.26. The number of fused-ring (bicyclic) bond motifs is 1. The van der Waals surface area contributed by atoms with Crippen LogP contribution in [0.2, 0.25) is 0 Å². The molecule has 0 saturated heterocycles. The highest BCUT2D eigenvalue weighted by molar-refractivity contribution is 6.02. The van der Waals surface area contributed by atoms with E-state index in [9.17, 15) is 4.79 Å². The summed E-state index contributed by atoms with van der Waals surface area (Å²) in [5.74, 6) is 0.793. The number of pyridine rings is 1. The van der Waals surface area contributed by atoms with E-state index in [0.29, 0.717) is 24.3 Å². The Labute approximate surface area is 88.8 Å². The van der Waals surface area contributed by atoms with Gasteiger partial charge in [-0.2, -0.15) is 0 Å². The van der Waals surface area contributed by atoms with E-state index in [1.165, 1.54) is 0 Å². The van der Waals surface area contributed by atoms with Crippen LogP contribution in [0.15, 0.2) is 18.3 Å². The Morgan fingerprint density at radius 1 is 1.53 bits per heavy atom. The summed E-state index contributed by atoms with van der Waals surface area (Å²) < 4.78 is 5.43. The molecule has 0 saturated carbocycles. The van der Waals surface area contributed by atoms with E-state index < -0.39 is 0 Å². The molecule has 0 bridgehead atoms. The lowest BCUT2D eigenvalue weighted by Gasteiger charge is -2.10. The molecule has 3 heteroatoms. The topological polar surface area (TPSA) is 39.2 Å². The number of ether oxygens (including phenoxy) is 1. The van der Waals surface area contributed by atoms with Crippen LogP contribution in [0, 0.1) is 0 Å². The van der Waals surface area contributed by atoms with Gasteiger partial charge in [0.2, 0.25) is 0 Å². The molecule has 15 heavy (non-hydrogen) atoms. The van der Waals surface area contributed by atoms with E-state index in [1.54, 1.807) is 12.3 Å². The number of ketones is 1. The van der Waals surface area contributed by atoms with Crippen molar-refractivity contribution in [1.82, 2.24) is 4.98 Å². The number of hydrogen-bond acceptors (Lipinski definition) is 3. The van der Waals surface area contributed by atoms with Gasteiger partial charge in [0.05, 0.1) is 18.5 Å². The normalized spacial score (nSPS) is 13.8. The second-order valence-electron chi connectivity index (χ2n) is 3.48. The van der Waals surface area contributed by atoms with Gasteiger partial charge < -0.3 is 4.74 Å². The molecule has 0 atom stereocenters. The Bertz CT molecular complexity index is 410. The van der Waals surface area contributed by atoms with Gasteiger partial charge in [0.25, 0.3) is 0 Å². The third-order valence-corrected chi connectivity index (χ3v) is 2.25. The summed E-state index contributed by atoms with van der Waals surface area (Å²) in [5, 5.41) is 0. The summed E-state index contributed by atoms with van der Waals surface area (Å²) in [6.07, 6.45) is 6.79. The van der Waals surface area contributed by atoms with E-state index >= 15 is 0 Å². The average Bonchev–Trinajstić information content (AvgIpc) is 2.27. The number of carbonyl (C=O) groups excluding carboxylic acids is 1. The maximum absolute atomic E-state index is 11.6. The zero-order valence-electron chi connectivity index (χ0n) is 8.69. The molecule has 0 amide bonds. The van der Waals surface area contributed by atoms with Gasteiger partial charge in [-0.1, -0.05) is 13.0 Å². The first-order valence-electron chi connectivity index (χ1n) is 5.14. The van der Waals surface area contributed by atoms with E-state index in [2.05, 4.69) is 4.98 Å². The summed E-state index contributed by atoms with van der Waals surface area (Å²) in [6.45, 7) is 2.70. The van der Waals surface area contributed by atoms with Crippen LogP contribution in [-0.2, 0) is 0 Å². The lowest BCUT2D eigenvalue weighted by atomic mass is 10.0. The minimum absolute atomic E-state index is 0.113. The van der Waals surface area contributed by atoms with Crippen LogP contribution in [0.4, 0.5) is 0 Å². The predicted octanol–water partition coefficient (Wildman–Crippen LogP) is 2.47. The van der Waals surface area contributed by atoms with Gasteiger partial charge in [-0.05, 0) is 18.6 Å². The molecule has 78 valence electrons. The van der Waals surface area contributed by atoms with Crippen molar-refractivity contribution in [1.29, 1.82) is 0 Å². The van der Waals surface area contributed by atoms with Crippen LogP contribution in [0.5, 0.6) is 5.75 Å². The zero-order valence-corrected chi connectivity index (χ0v) is 8.69. The molecule has 0 unspecified atom stereocenters. The number of Topliss-reactive ketones (excluding diaryl/α,β-unsaturated/α-hetero) is 1. The number of allylic oxidation sites excluding steroid dienone is 1. The Kier molecular flexibility index (Phi) is 2.81. The van der Waals surface area contributed by atoms with Gasteiger partial charge >= 0.3 is 0 Å². The molecule has 0 radical (unpaired) electrons. The van der Waals surface area contributed by atoms with Crippen molar-refractivity contribution in [3.05, 3.63) is 29.6 Å². The molecule has 1 aliphatic carbocycles. The van der Waals surface area contributed by atoms with Crippen LogP contribution in [0.3, 0.4) is 0 Å². The Morgan fingerprint density at radius 2 is 2.40 bits per heavy atom. The molecule has 1 aliphatic rings. The number of carbonyl (C=O) groups is 1. The van der Waals surface area contributed by atoms with E-state index in [0.717, 1.165) is 12.1 Å². The van der Waals surface area contributed by atoms with Crippen molar-refractivity contribution in [2.24, 2.45) is 0 Å². The maximum atomic E-state index is 11.6. The standard InChI is InChI=1S/C12H13NO2/c1-2-6-15-9-7-10-11(13-8-9)4-3-5-12(10)14/h3-4,7-8H,2,5-6H2,1H3. The minimum Gasteiger partial charge on any atom is -0.492 e. The fraction of sp³-hybridized carbons (Fsp3) is 0.333. The van der Waals surface area contributed by atoms with Crippen molar-refractivity contribution in [3.8, 4) is 5.75 Å². The Balaban J connectivity index is 2.28. The zero-order chi connectivity index (χ0) is 10.7. The number of nitrogens with zero attached hydrogens (tertiary/aromatic N) is 1. The molecule has 0 N–H and O–H groups in total. The molecule has 2 rings (SSSR count). The number of hydrogen-bond donors (Lipinski definition) is 0. The smallest absolute Gasteiger partial charge is 0.168 e. The first kappa shape index (κ1) is 9.90. The third-order valence-electron chi connectivity index (χ3n) is 2.25. The third kappa shape index (κ3) is 2.06. The van der Waals surface area contributed by atoms with Crippen molar-refractivity contribution in [3.63, 3.8) is 0 Å². The van der Waals surface area contributed by atoms with Gasteiger partial charge in [-0.3, -0.25) is 9.78 Å².